The van der Waals surface area contributed by atoms with Gasteiger partial charge in [0.1, 0.15) is 6.04 Å². The maximum atomic E-state index is 11.6. The molecular weight excluding hydrogens is 234 g/mol. The standard InChI is InChI=1S/C12H17N3O3/c1-9(11(16)17)14-12(18)15(2)8-6-10-5-3-4-7-13-10/h3-5,7,9H,6,8H2,1-2H3,(H,14,18)(H,16,17)/t9-/m1/s1. The van der Waals surface area contributed by atoms with Crippen molar-refractivity contribution in [1.82, 2.24) is 15.2 Å². The summed E-state index contributed by atoms with van der Waals surface area (Å²) in [5.74, 6) is -1.05. The molecule has 6 heteroatoms. The first-order chi connectivity index (χ1) is 8.50. The predicted octanol–water partition coefficient (Wildman–Crippen LogP) is 0.739. The molecule has 0 aliphatic rings. The van der Waals surface area contributed by atoms with Gasteiger partial charge in [-0.3, -0.25) is 9.78 Å². The van der Waals surface area contributed by atoms with Crippen molar-refractivity contribution < 1.29 is 14.7 Å². The molecule has 0 spiro atoms. The number of aromatic nitrogens is 1. The Balaban J connectivity index is 2.39. The lowest BCUT2D eigenvalue weighted by Gasteiger charge is -2.19. The fourth-order valence-corrected chi connectivity index (χ4v) is 1.29. The molecule has 1 aromatic rings. The Morgan fingerprint density at radius 3 is 2.78 bits per heavy atom. The topological polar surface area (TPSA) is 82.5 Å². The van der Waals surface area contributed by atoms with Crippen molar-refractivity contribution in [2.75, 3.05) is 13.6 Å². The number of pyridine rings is 1. The summed E-state index contributed by atoms with van der Waals surface area (Å²) in [6, 6.07) is 4.30. The summed E-state index contributed by atoms with van der Waals surface area (Å²) in [6.07, 6.45) is 2.33. The summed E-state index contributed by atoms with van der Waals surface area (Å²) in [7, 11) is 1.62. The molecule has 0 aliphatic carbocycles. The normalized spacial score (nSPS) is 11.7. The second-order valence-corrected chi connectivity index (χ2v) is 4.00. The number of nitrogens with zero attached hydrogens (tertiary/aromatic N) is 2. The molecule has 1 heterocycles. The molecule has 0 unspecified atom stereocenters. The fourth-order valence-electron chi connectivity index (χ4n) is 1.29. The van der Waals surface area contributed by atoms with E-state index < -0.39 is 18.0 Å². The minimum Gasteiger partial charge on any atom is -0.480 e. The highest BCUT2D eigenvalue weighted by atomic mass is 16.4. The third-order valence-corrected chi connectivity index (χ3v) is 2.49. The third kappa shape index (κ3) is 4.40. The van der Waals surface area contributed by atoms with Gasteiger partial charge in [-0.25, -0.2) is 4.79 Å². The van der Waals surface area contributed by atoms with E-state index in [2.05, 4.69) is 10.3 Å². The van der Waals surface area contributed by atoms with E-state index in [-0.39, 0.29) is 0 Å². The third-order valence-electron chi connectivity index (χ3n) is 2.49. The number of urea groups is 1. The zero-order valence-electron chi connectivity index (χ0n) is 10.5. The Bertz CT molecular complexity index is 408. The minimum absolute atomic E-state index is 0.402. The van der Waals surface area contributed by atoms with Crippen molar-refractivity contribution in [3.63, 3.8) is 0 Å². The Labute approximate surface area is 106 Å². The van der Waals surface area contributed by atoms with Crippen LogP contribution in [0.25, 0.3) is 0 Å². The van der Waals surface area contributed by atoms with Crippen LogP contribution in [-0.2, 0) is 11.2 Å². The first-order valence-electron chi connectivity index (χ1n) is 5.65. The largest absolute Gasteiger partial charge is 0.480 e. The van der Waals surface area contributed by atoms with Gasteiger partial charge in [0.05, 0.1) is 0 Å². The van der Waals surface area contributed by atoms with Gasteiger partial charge in [-0.1, -0.05) is 6.07 Å². The number of nitrogens with one attached hydrogen (secondary N) is 1. The van der Waals surface area contributed by atoms with Gasteiger partial charge in [-0.2, -0.15) is 0 Å². The maximum absolute atomic E-state index is 11.6. The second kappa shape index (κ2) is 6.58. The molecule has 0 saturated heterocycles. The van der Waals surface area contributed by atoms with Crippen molar-refractivity contribution in [2.45, 2.75) is 19.4 Å². The SMILES string of the molecule is C[C@@H](NC(=O)N(C)CCc1ccccn1)C(=O)O. The van der Waals surface area contributed by atoms with Gasteiger partial charge in [0, 0.05) is 31.9 Å². The lowest BCUT2D eigenvalue weighted by Crippen LogP contribution is -2.45. The Morgan fingerprint density at radius 1 is 1.50 bits per heavy atom. The highest BCUT2D eigenvalue weighted by molar-refractivity contribution is 5.82. The molecule has 1 aromatic heterocycles. The van der Waals surface area contributed by atoms with Gasteiger partial charge < -0.3 is 15.3 Å². The van der Waals surface area contributed by atoms with E-state index in [1.807, 2.05) is 18.2 Å². The highest BCUT2D eigenvalue weighted by Crippen LogP contribution is 1.97. The van der Waals surface area contributed by atoms with Gasteiger partial charge in [-0.15, -0.1) is 0 Å². The van der Waals surface area contributed by atoms with E-state index in [4.69, 9.17) is 5.11 Å². The molecule has 0 bridgehead atoms. The molecule has 6 nitrogen and oxygen atoms in total. The van der Waals surface area contributed by atoms with Gasteiger partial charge >= 0.3 is 12.0 Å². The first-order valence-corrected chi connectivity index (χ1v) is 5.65. The van der Waals surface area contributed by atoms with Gasteiger partial charge in [-0.05, 0) is 19.1 Å². The van der Waals surface area contributed by atoms with Crippen LogP contribution >= 0.6 is 0 Å². The van der Waals surface area contributed by atoms with Crippen molar-refractivity contribution in [3.05, 3.63) is 30.1 Å². The molecule has 0 aromatic carbocycles. The monoisotopic (exact) mass is 251 g/mol. The van der Waals surface area contributed by atoms with Crippen LogP contribution in [0, 0.1) is 0 Å². The molecule has 0 radical (unpaired) electrons. The fraction of sp³-hybridized carbons (Fsp3) is 0.417. The van der Waals surface area contributed by atoms with Gasteiger partial charge in [0.25, 0.3) is 0 Å². The number of hydrogen-bond acceptors (Lipinski definition) is 3. The minimum atomic E-state index is -1.05. The molecular formula is C12H17N3O3. The van der Waals surface area contributed by atoms with E-state index in [0.29, 0.717) is 13.0 Å². The summed E-state index contributed by atoms with van der Waals surface area (Å²) in [5, 5.41) is 11.1. The van der Waals surface area contributed by atoms with Gasteiger partial charge in [0.15, 0.2) is 0 Å². The maximum Gasteiger partial charge on any atom is 0.325 e. The summed E-state index contributed by atoms with van der Waals surface area (Å²) in [5.41, 5.74) is 0.892. The molecule has 1 atom stereocenters. The molecule has 2 amide bonds. The number of carboxylic acid groups (broad SMARTS) is 1. The van der Waals surface area contributed by atoms with Crippen LogP contribution in [-0.4, -0.2) is 46.6 Å². The quantitative estimate of drug-likeness (QED) is 0.808. The number of amides is 2. The zero-order chi connectivity index (χ0) is 13.5. The van der Waals surface area contributed by atoms with E-state index in [1.165, 1.54) is 11.8 Å². The van der Waals surface area contributed by atoms with Crippen LogP contribution < -0.4 is 5.32 Å². The second-order valence-electron chi connectivity index (χ2n) is 4.00. The summed E-state index contributed by atoms with van der Waals surface area (Å²) in [6.45, 7) is 1.90. The number of likely N-dealkylation sites (N-methyl/N-ethyl adjacent to an activating group) is 1. The van der Waals surface area contributed by atoms with Crippen molar-refractivity contribution in [1.29, 1.82) is 0 Å². The number of aliphatic carboxylic acids is 1. The number of carbonyl (C=O) groups excluding carboxylic acids is 1. The zero-order valence-corrected chi connectivity index (χ0v) is 10.5. The summed E-state index contributed by atoms with van der Waals surface area (Å²) in [4.78, 5) is 27.8. The molecule has 98 valence electrons. The van der Waals surface area contributed by atoms with Crippen LogP contribution in [0.1, 0.15) is 12.6 Å². The molecule has 0 aliphatic heterocycles. The van der Waals surface area contributed by atoms with Crippen molar-refractivity contribution in [2.24, 2.45) is 0 Å². The molecule has 18 heavy (non-hydrogen) atoms. The van der Waals surface area contributed by atoms with E-state index >= 15 is 0 Å². The summed E-state index contributed by atoms with van der Waals surface area (Å²) < 4.78 is 0. The molecule has 1 rings (SSSR count). The Hall–Kier alpha value is -2.11. The van der Waals surface area contributed by atoms with E-state index in [0.717, 1.165) is 5.69 Å². The van der Waals surface area contributed by atoms with Gasteiger partial charge in [0.2, 0.25) is 0 Å². The first kappa shape index (κ1) is 14.0. The average molecular weight is 251 g/mol. The van der Waals surface area contributed by atoms with Crippen LogP contribution in [0.4, 0.5) is 4.79 Å². The van der Waals surface area contributed by atoms with E-state index in [1.54, 1.807) is 13.2 Å². The smallest absolute Gasteiger partial charge is 0.325 e. The van der Waals surface area contributed by atoms with E-state index in [9.17, 15) is 9.59 Å². The number of hydrogen-bond donors (Lipinski definition) is 2. The lowest BCUT2D eigenvalue weighted by molar-refractivity contribution is -0.138. The lowest BCUT2D eigenvalue weighted by atomic mass is 10.2. The predicted molar refractivity (Wildman–Crippen MR) is 66.2 cm³/mol. The summed E-state index contributed by atoms with van der Waals surface area (Å²) >= 11 is 0. The highest BCUT2D eigenvalue weighted by Gasteiger charge is 2.16. The Kier molecular flexibility index (Phi) is 5.10. The van der Waals surface area contributed by atoms with Crippen LogP contribution in [0.2, 0.25) is 0 Å². The van der Waals surface area contributed by atoms with Crippen LogP contribution in [0.3, 0.4) is 0 Å². The molecule has 2 N–H and O–H groups in total. The Morgan fingerprint density at radius 2 is 2.22 bits per heavy atom. The van der Waals surface area contributed by atoms with Crippen molar-refractivity contribution in [3.8, 4) is 0 Å². The number of carboxylic acids is 1. The number of rotatable bonds is 5. The molecule has 0 saturated carbocycles. The average Bonchev–Trinajstić information content (AvgIpc) is 2.36. The molecule has 0 fully saturated rings. The number of carbonyl (C=O) groups is 2. The van der Waals surface area contributed by atoms with Crippen molar-refractivity contribution >= 4 is 12.0 Å². The van der Waals surface area contributed by atoms with Crippen LogP contribution in [0.15, 0.2) is 24.4 Å². The van der Waals surface area contributed by atoms with Crippen LogP contribution in [0.5, 0.6) is 0 Å².